The Labute approximate surface area is 91.4 Å². The Kier molecular flexibility index (Phi) is 3.46. The Hall–Kier alpha value is -0.770. The van der Waals surface area contributed by atoms with Crippen LogP contribution in [0.4, 0.5) is 4.79 Å². The van der Waals surface area contributed by atoms with Crippen molar-refractivity contribution in [1.29, 1.82) is 0 Å². The second kappa shape index (κ2) is 4.84. The molecule has 2 aliphatic heterocycles. The van der Waals surface area contributed by atoms with Crippen molar-refractivity contribution in [2.24, 2.45) is 5.92 Å². The fraction of sp³-hybridized carbons (Fsp3) is 0.909. The van der Waals surface area contributed by atoms with Gasteiger partial charge in [0, 0.05) is 25.7 Å². The lowest BCUT2D eigenvalue weighted by Crippen LogP contribution is -2.49. The molecule has 0 radical (unpaired) electrons. The number of rotatable bonds is 3. The summed E-state index contributed by atoms with van der Waals surface area (Å²) < 4.78 is 0. The molecule has 0 bridgehead atoms. The SMILES string of the molecule is CCC1CCCNC1CN1CCNC1=O. The zero-order valence-electron chi connectivity index (χ0n) is 9.46. The molecule has 0 aromatic rings. The maximum atomic E-state index is 11.4. The maximum Gasteiger partial charge on any atom is 0.317 e. The number of hydrogen-bond acceptors (Lipinski definition) is 2. The van der Waals surface area contributed by atoms with E-state index in [1.807, 2.05) is 4.90 Å². The molecule has 2 aliphatic rings. The van der Waals surface area contributed by atoms with Crippen molar-refractivity contribution >= 4 is 6.03 Å². The topological polar surface area (TPSA) is 44.4 Å². The first-order chi connectivity index (χ1) is 7.31. The fourth-order valence-electron chi connectivity index (χ4n) is 2.64. The second-order valence-corrected chi connectivity index (χ2v) is 4.55. The molecule has 86 valence electrons. The summed E-state index contributed by atoms with van der Waals surface area (Å²) in [5.41, 5.74) is 0. The smallest absolute Gasteiger partial charge is 0.317 e. The monoisotopic (exact) mass is 211 g/mol. The Morgan fingerprint density at radius 3 is 3.00 bits per heavy atom. The fourth-order valence-corrected chi connectivity index (χ4v) is 2.64. The third kappa shape index (κ3) is 2.43. The van der Waals surface area contributed by atoms with Crippen LogP contribution in [0.25, 0.3) is 0 Å². The Balaban J connectivity index is 1.88. The number of piperidine rings is 1. The number of nitrogens with one attached hydrogen (secondary N) is 2. The van der Waals surface area contributed by atoms with E-state index in [-0.39, 0.29) is 6.03 Å². The van der Waals surface area contributed by atoms with Crippen LogP contribution in [-0.4, -0.2) is 43.2 Å². The van der Waals surface area contributed by atoms with Crippen molar-refractivity contribution in [1.82, 2.24) is 15.5 Å². The van der Waals surface area contributed by atoms with Crippen LogP contribution in [-0.2, 0) is 0 Å². The lowest BCUT2D eigenvalue weighted by molar-refractivity contribution is 0.188. The number of nitrogens with zero attached hydrogens (tertiary/aromatic N) is 1. The standard InChI is InChI=1S/C11H21N3O/c1-2-9-4-3-5-12-10(9)8-14-7-6-13-11(14)15/h9-10,12H,2-8H2,1H3,(H,13,15). The van der Waals surface area contributed by atoms with E-state index in [0.29, 0.717) is 6.04 Å². The number of hydrogen-bond donors (Lipinski definition) is 2. The van der Waals surface area contributed by atoms with E-state index in [4.69, 9.17) is 0 Å². The largest absolute Gasteiger partial charge is 0.336 e. The summed E-state index contributed by atoms with van der Waals surface area (Å²) in [7, 11) is 0. The summed E-state index contributed by atoms with van der Waals surface area (Å²) >= 11 is 0. The lowest BCUT2D eigenvalue weighted by Gasteiger charge is -2.34. The van der Waals surface area contributed by atoms with Crippen LogP contribution in [0.2, 0.25) is 0 Å². The first-order valence-corrected chi connectivity index (χ1v) is 6.07. The van der Waals surface area contributed by atoms with Crippen LogP contribution in [0.1, 0.15) is 26.2 Å². The van der Waals surface area contributed by atoms with Crippen molar-refractivity contribution in [3.8, 4) is 0 Å². The number of carbonyl (C=O) groups excluding carboxylic acids is 1. The highest BCUT2D eigenvalue weighted by molar-refractivity contribution is 5.76. The minimum atomic E-state index is 0.109. The minimum absolute atomic E-state index is 0.109. The summed E-state index contributed by atoms with van der Waals surface area (Å²) in [5.74, 6) is 0.743. The number of urea groups is 1. The second-order valence-electron chi connectivity index (χ2n) is 4.55. The molecular formula is C11H21N3O. The minimum Gasteiger partial charge on any atom is -0.336 e. The first kappa shape index (κ1) is 10.7. The molecule has 4 heteroatoms. The van der Waals surface area contributed by atoms with Gasteiger partial charge in [-0.05, 0) is 25.3 Å². The van der Waals surface area contributed by atoms with Gasteiger partial charge in [-0.3, -0.25) is 0 Å². The molecule has 2 saturated heterocycles. The Morgan fingerprint density at radius 2 is 2.33 bits per heavy atom. The lowest BCUT2D eigenvalue weighted by atomic mass is 9.88. The van der Waals surface area contributed by atoms with E-state index in [9.17, 15) is 4.79 Å². The molecule has 2 heterocycles. The van der Waals surface area contributed by atoms with Gasteiger partial charge < -0.3 is 15.5 Å². The molecule has 2 unspecified atom stereocenters. The van der Waals surface area contributed by atoms with E-state index >= 15 is 0 Å². The van der Waals surface area contributed by atoms with Crippen molar-refractivity contribution in [3.05, 3.63) is 0 Å². The molecule has 2 fully saturated rings. The zero-order chi connectivity index (χ0) is 10.7. The summed E-state index contributed by atoms with van der Waals surface area (Å²) in [6.07, 6.45) is 3.80. The molecule has 4 nitrogen and oxygen atoms in total. The normalized spacial score (nSPS) is 31.8. The summed E-state index contributed by atoms with van der Waals surface area (Å²) in [4.78, 5) is 13.4. The molecule has 2 atom stereocenters. The van der Waals surface area contributed by atoms with Gasteiger partial charge in [0.25, 0.3) is 0 Å². The van der Waals surface area contributed by atoms with E-state index in [1.54, 1.807) is 0 Å². The van der Waals surface area contributed by atoms with Crippen LogP contribution in [0.15, 0.2) is 0 Å². The average Bonchev–Trinajstić information content (AvgIpc) is 2.65. The number of carbonyl (C=O) groups is 1. The molecule has 0 aliphatic carbocycles. The van der Waals surface area contributed by atoms with Crippen molar-refractivity contribution < 1.29 is 4.79 Å². The van der Waals surface area contributed by atoms with Crippen LogP contribution in [0.3, 0.4) is 0 Å². The first-order valence-electron chi connectivity index (χ1n) is 6.07. The van der Waals surface area contributed by atoms with Crippen LogP contribution >= 0.6 is 0 Å². The predicted octanol–water partition coefficient (Wildman–Crippen LogP) is 0.790. The highest BCUT2D eigenvalue weighted by Gasteiger charge is 2.28. The van der Waals surface area contributed by atoms with Crippen molar-refractivity contribution in [3.63, 3.8) is 0 Å². The van der Waals surface area contributed by atoms with Crippen LogP contribution in [0, 0.1) is 5.92 Å². The van der Waals surface area contributed by atoms with E-state index in [0.717, 1.165) is 32.1 Å². The molecule has 0 saturated carbocycles. The van der Waals surface area contributed by atoms with Gasteiger partial charge in [-0.25, -0.2) is 4.79 Å². The highest BCUT2D eigenvalue weighted by atomic mass is 16.2. The summed E-state index contributed by atoms with van der Waals surface area (Å²) in [6.45, 7) is 5.91. The van der Waals surface area contributed by atoms with Gasteiger partial charge in [0.15, 0.2) is 0 Å². The van der Waals surface area contributed by atoms with Crippen LogP contribution < -0.4 is 10.6 Å². The molecule has 0 aromatic carbocycles. The van der Waals surface area contributed by atoms with Gasteiger partial charge in [-0.1, -0.05) is 13.3 Å². The molecule has 2 amide bonds. The van der Waals surface area contributed by atoms with Gasteiger partial charge in [-0.15, -0.1) is 0 Å². The third-order valence-corrected chi connectivity index (χ3v) is 3.61. The van der Waals surface area contributed by atoms with E-state index < -0.39 is 0 Å². The predicted molar refractivity (Wildman–Crippen MR) is 59.8 cm³/mol. The van der Waals surface area contributed by atoms with Crippen molar-refractivity contribution in [2.45, 2.75) is 32.2 Å². The molecular weight excluding hydrogens is 190 g/mol. The zero-order valence-corrected chi connectivity index (χ0v) is 9.46. The van der Waals surface area contributed by atoms with Gasteiger partial charge in [0.1, 0.15) is 0 Å². The van der Waals surface area contributed by atoms with Gasteiger partial charge in [0.05, 0.1) is 0 Å². The third-order valence-electron chi connectivity index (χ3n) is 3.61. The quantitative estimate of drug-likeness (QED) is 0.725. The van der Waals surface area contributed by atoms with Gasteiger partial charge in [-0.2, -0.15) is 0 Å². The van der Waals surface area contributed by atoms with E-state index in [2.05, 4.69) is 17.6 Å². The number of amides is 2. The maximum absolute atomic E-state index is 11.4. The summed E-state index contributed by atoms with van der Waals surface area (Å²) in [6, 6.07) is 0.616. The molecule has 15 heavy (non-hydrogen) atoms. The highest BCUT2D eigenvalue weighted by Crippen LogP contribution is 2.20. The Morgan fingerprint density at radius 1 is 1.47 bits per heavy atom. The molecule has 2 N–H and O–H groups in total. The Bertz CT molecular complexity index is 232. The molecule has 0 aromatic heterocycles. The molecule has 2 rings (SSSR count). The van der Waals surface area contributed by atoms with E-state index in [1.165, 1.54) is 19.3 Å². The van der Waals surface area contributed by atoms with Gasteiger partial charge in [0.2, 0.25) is 0 Å². The van der Waals surface area contributed by atoms with Crippen LogP contribution in [0.5, 0.6) is 0 Å². The van der Waals surface area contributed by atoms with Gasteiger partial charge >= 0.3 is 6.03 Å². The van der Waals surface area contributed by atoms with Crippen molar-refractivity contribution in [2.75, 3.05) is 26.2 Å². The molecule has 0 spiro atoms. The summed E-state index contributed by atoms with van der Waals surface area (Å²) in [5, 5.41) is 6.40. The average molecular weight is 211 g/mol.